The van der Waals surface area contributed by atoms with Crippen LogP contribution in [0.3, 0.4) is 0 Å². The summed E-state index contributed by atoms with van der Waals surface area (Å²) in [4.78, 5) is 16.5. The smallest absolute Gasteiger partial charge is 0.165 e. The lowest BCUT2D eigenvalue weighted by atomic mass is 9.91. The van der Waals surface area contributed by atoms with Gasteiger partial charge in [-0.05, 0) is 113 Å². The molecule has 0 fully saturated rings. The van der Waals surface area contributed by atoms with Crippen molar-refractivity contribution in [2.45, 2.75) is 0 Å². The Morgan fingerprint density at radius 2 is 0.846 bits per heavy atom. The zero-order chi connectivity index (χ0) is 42.8. The Kier molecular flexibility index (Phi) is 8.71. The zero-order valence-electron chi connectivity index (χ0n) is 35.1. The van der Waals surface area contributed by atoms with Gasteiger partial charge in [0.05, 0.1) is 0 Å². The van der Waals surface area contributed by atoms with Gasteiger partial charge in [-0.15, -0.1) is 11.3 Å². The number of hydrogen-bond donors (Lipinski definition) is 0. The summed E-state index contributed by atoms with van der Waals surface area (Å²) in [5.41, 5.74) is 9.81. The molecule has 0 saturated heterocycles. The van der Waals surface area contributed by atoms with Crippen molar-refractivity contribution in [2.24, 2.45) is 0 Å². The Morgan fingerprint density at radius 1 is 0.262 bits per heavy atom. The van der Waals surface area contributed by atoms with E-state index < -0.39 is 0 Å². The van der Waals surface area contributed by atoms with Crippen LogP contribution in [0.5, 0.6) is 0 Å². The third-order valence-electron chi connectivity index (χ3n) is 12.9. The van der Waals surface area contributed by atoms with Gasteiger partial charge in [0.15, 0.2) is 17.5 Å². The molecule has 0 atom stereocenters. The highest BCUT2D eigenvalue weighted by molar-refractivity contribution is 7.26. The van der Waals surface area contributed by atoms with Gasteiger partial charge >= 0.3 is 0 Å². The van der Waals surface area contributed by atoms with Gasteiger partial charge in [0, 0.05) is 36.9 Å². The normalized spacial score (nSPS) is 11.7. The van der Waals surface area contributed by atoms with E-state index in [1.54, 1.807) is 11.3 Å². The van der Waals surface area contributed by atoms with Crippen LogP contribution in [0.25, 0.3) is 131 Å². The molecule has 0 saturated carbocycles. The molecule has 65 heavy (non-hydrogen) atoms. The quantitative estimate of drug-likeness (QED) is 0.167. The molecule has 0 aliphatic carbocycles. The fraction of sp³-hybridized carbons (Fsp3) is 0. The minimum absolute atomic E-state index is 0.631. The summed E-state index contributed by atoms with van der Waals surface area (Å²) in [5.74, 6) is 1.92. The monoisotopic (exact) mass is 843 g/mol. The van der Waals surface area contributed by atoms with Gasteiger partial charge in [-0.3, -0.25) is 0 Å². The van der Waals surface area contributed by atoms with Crippen molar-refractivity contribution in [1.82, 2.24) is 15.0 Å². The first-order valence-corrected chi connectivity index (χ1v) is 22.8. The molecule has 0 radical (unpaired) electrons. The number of aromatic nitrogens is 3. The lowest BCUT2D eigenvalue weighted by molar-refractivity contribution is 1.08. The van der Waals surface area contributed by atoms with Crippen molar-refractivity contribution in [3.8, 4) is 67.5 Å². The molecule has 0 spiro atoms. The van der Waals surface area contributed by atoms with E-state index in [0.717, 1.165) is 65.2 Å². The molecule has 13 aromatic rings. The molecule has 2 heterocycles. The van der Waals surface area contributed by atoms with Gasteiger partial charge in [-0.25, -0.2) is 15.0 Å². The first kappa shape index (κ1) is 37.3. The van der Waals surface area contributed by atoms with Crippen molar-refractivity contribution in [1.29, 1.82) is 0 Å². The average molecular weight is 844 g/mol. The molecule has 3 nitrogen and oxygen atoms in total. The second kappa shape index (κ2) is 15.2. The molecule has 0 unspecified atom stereocenters. The zero-order valence-corrected chi connectivity index (χ0v) is 35.9. The molecule has 0 amide bonds. The maximum Gasteiger partial charge on any atom is 0.165 e. The summed E-state index contributed by atoms with van der Waals surface area (Å²) >= 11 is 1.79. The summed E-state index contributed by atoms with van der Waals surface area (Å²) in [5, 5.41) is 11.7. The van der Waals surface area contributed by atoms with E-state index in [2.05, 4.69) is 224 Å². The van der Waals surface area contributed by atoms with Crippen molar-refractivity contribution in [3.63, 3.8) is 0 Å². The number of hydrogen-bond acceptors (Lipinski definition) is 4. The number of benzene rings is 11. The van der Waals surface area contributed by atoms with E-state index in [1.165, 1.54) is 48.1 Å². The van der Waals surface area contributed by atoms with E-state index in [0.29, 0.717) is 17.5 Å². The lowest BCUT2D eigenvalue weighted by Crippen LogP contribution is -2.02. The Bertz CT molecular complexity index is 4020. The molecular weight excluding hydrogens is 807 g/mol. The number of nitrogens with zero attached hydrogens (tertiary/aromatic N) is 3. The van der Waals surface area contributed by atoms with Crippen molar-refractivity contribution in [3.05, 3.63) is 224 Å². The maximum absolute atomic E-state index is 5.55. The third-order valence-corrected chi connectivity index (χ3v) is 14.1. The number of fused-ring (bicyclic) bond motifs is 7. The highest BCUT2D eigenvalue weighted by Crippen LogP contribution is 2.43. The van der Waals surface area contributed by atoms with E-state index in [1.807, 2.05) is 0 Å². The van der Waals surface area contributed by atoms with E-state index in [9.17, 15) is 0 Å². The summed E-state index contributed by atoms with van der Waals surface area (Å²) in [7, 11) is 0. The van der Waals surface area contributed by atoms with E-state index in [-0.39, 0.29) is 0 Å². The van der Waals surface area contributed by atoms with Crippen molar-refractivity contribution < 1.29 is 0 Å². The van der Waals surface area contributed by atoms with Crippen LogP contribution in [0.4, 0.5) is 0 Å². The molecule has 11 aromatic carbocycles. The van der Waals surface area contributed by atoms with E-state index in [4.69, 9.17) is 15.0 Å². The molecule has 13 rings (SSSR count). The lowest BCUT2D eigenvalue weighted by Gasteiger charge is -2.16. The first-order valence-electron chi connectivity index (χ1n) is 22.0. The van der Waals surface area contributed by atoms with Gasteiger partial charge in [0.25, 0.3) is 0 Å². The minimum atomic E-state index is 0.631. The molecule has 2 aromatic heterocycles. The second-order valence-corrected chi connectivity index (χ2v) is 17.8. The van der Waals surface area contributed by atoms with Gasteiger partial charge in [0.1, 0.15) is 0 Å². The van der Waals surface area contributed by atoms with Crippen LogP contribution in [-0.2, 0) is 0 Å². The third kappa shape index (κ3) is 6.37. The predicted octanol–water partition coefficient (Wildman–Crippen LogP) is 16.9. The van der Waals surface area contributed by atoms with Crippen LogP contribution in [-0.4, -0.2) is 15.0 Å². The van der Waals surface area contributed by atoms with Crippen molar-refractivity contribution in [2.75, 3.05) is 0 Å². The molecule has 0 aliphatic rings. The molecule has 0 aliphatic heterocycles. The minimum Gasteiger partial charge on any atom is -0.208 e. The number of rotatable bonds is 6. The Hall–Kier alpha value is -8.31. The standard InChI is InChI=1S/C61H37N3S/c1-2-15-39(16-3-1)54-37-46(35-44-19-7-8-21-47(44)54)43-30-29-41-20-12-25-52(55(41)36-43)59-62-60(53-26-13-24-51-50-23-10-11-27-56(50)65-58(51)53)64-61(63-59)57-48-22-9-6-17-40(48)32-33-49(57)45-31-28-38-14-4-5-18-42(38)34-45/h1-37H. The van der Waals surface area contributed by atoms with Crippen LogP contribution in [0.2, 0.25) is 0 Å². The Balaban J connectivity index is 1.07. The Morgan fingerprint density at radius 3 is 1.72 bits per heavy atom. The van der Waals surface area contributed by atoms with Crippen LogP contribution in [0.15, 0.2) is 224 Å². The summed E-state index contributed by atoms with van der Waals surface area (Å²) < 4.78 is 2.40. The summed E-state index contributed by atoms with van der Waals surface area (Å²) in [6, 6.07) is 80.7. The highest BCUT2D eigenvalue weighted by Gasteiger charge is 2.22. The van der Waals surface area contributed by atoms with Crippen LogP contribution in [0, 0.1) is 0 Å². The summed E-state index contributed by atoms with van der Waals surface area (Å²) in [6.07, 6.45) is 0. The SMILES string of the molecule is c1ccc(-c2cc(-c3ccc4cccc(-c5nc(-c6c(-c7ccc8ccccc8c7)ccc7ccccc67)nc(-c6cccc7c6sc6ccccc67)n5)c4c3)cc3ccccc23)cc1. The second-order valence-electron chi connectivity index (χ2n) is 16.7. The topological polar surface area (TPSA) is 38.7 Å². The van der Waals surface area contributed by atoms with E-state index >= 15 is 0 Å². The predicted molar refractivity (Wildman–Crippen MR) is 275 cm³/mol. The van der Waals surface area contributed by atoms with Gasteiger partial charge in [0.2, 0.25) is 0 Å². The molecule has 4 heteroatoms. The Labute approximate surface area is 379 Å². The van der Waals surface area contributed by atoms with Gasteiger partial charge < -0.3 is 0 Å². The highest BCUT2D eigenvalue weighted by atomic mass is 32.1. The van der Waals surface area contributed by atoms with Gasteiger partial charge in [-0.1, -0.05) is 188 Å². The molecule has 0 N–H and O–H groups in total. The fourth-order valence-electron chi connectivity index (χ4n) is 9.74. The van der Waals surface area contributed by atoms with Crippen LogP contribution < -0.4 is 0 Å². The van der Waals surface area contributed by atoms with Crippen LogP contribution in [0.1, 0.15) is 0 Å². The van der Waals surface area contributed by atoms with Crippen molar-refractivity contribution >= 4 is 74.6 Å². The first-order chi connectivity index (χ1) is 32.2. The largest absolute Gasteiger partial charge is 0.208 e. The maximum atomic E-state index is 5.55. The van der Waals surface area contributed by atoms with Gasteiger partial charge in [-0.2, -0.15) is 0 Å². The van der Waals surface area contributed by atoms with Crippen LogP contribution >= 0.6 is 11.3 Å². The fourth-order valence-corrected chi connectivity index (χ4v) is 11.0. The molecule has 0 bridgehead atoms. The summed E-state index contributed by atoms with van der Waals surface area (Å²) in [6.45, 7) is 0. The molecular formula is C61H37N3S. The molecule has 302 valence electrons. The average Bonchev–Trinajstić information content (AvgIpc) is 3.77. The number of thiophene rings is 1.